The van der Waals surface area contributed by atoms with Crippen LogP contribution in [0.4, 0.5) is 0 Å². The smallest absolute Gasteiger partial charge is 0.252 e. The summed E-state index contributed by atoms with van der Waals surface area (Å²) in [5.74, 6) is 0.357. The number of carbonyl (C=O) groups excluding carboxylic acids is 1. The number of carbonyl (C=O) groups is 1. The Bertz CT molecular complexity index is 429. The van der Waals surface area contributed by atoms with E-state index < -0.39 is 0 Å². The van der Waals surface area contributed by atoms with Gasteiger partial charge in [0.1, 0.15) is 5.75 Å². The third-order valence-electron chi connectivity index (χ3n) is 2.91. The number of nitrogens with zero attached hydrogens (tertiary/aromatic N) is 1. The molecular formula is C13H16N2O2. The van der Waals surface area contributed by atoms with Crippen LogP contribution in [0.3, 0.4) is 0 Å². The van der Waals surface area contributed by atoms with Crippen molar-refractivity contribution < 1.29 is 9.90 Å². The molecule has 1 aromatic heterocycles. The van der Waals surface area contributed by atoms with E-state index in [0.29, 0.717) is 18.0 Å². The molecule has 90 valence electrons. The molecule has 0 fully saturated rings. The van der Waals surface area contributed by atoms with E-state index in [2.05, 4.69) is 22.5 Å². The summed E-state index contributed by atoms with van der Waals surface area (Å²) in [5, 5.41) is 12.1. The lowest BCUT2D eigenvalue weighted by atomic mass is 9.94. The molecule has 0 saturated carbocycles. The number of aromatic nitrogens is 1. The average molecular weight is 232 g/mol. The Morgan fingerprint density at radius 1 is 1.47 bits per heavy atom. The van der Waals surface area contributed by atoms with Crippen molar-refractivity contribution >= 4 is 5.91 Å². The summed E-state index contributed by atoms with van der Waals surface area (Å²) in [4.78, 5) is 15.5. The zero-order valence-corrected chi connectivity index (χ0v) is 9.60. The third-order valence-corrected chi connectivity index (χ3v) is 2.91. The number of rotatable bonds is 3. The minimum atomic E-state index is -0.178. The molecule has 0 saturated heterocycles. The summed E-state index contributed by atoms with van der Waals surface area (Å²) in [7, 11) is 0. The first kappa shape index (κ1) is 11.6. The van der Waals surface area contributed by atoms with Gasteiger partial charge >= 0.3 is 0 Å². The number of pyridine rings is 1. The molecule has 0 aromatic carbocycles. The molecule has 17 heavy (non-hydrogen) atoms. The molecule has 1 amide bonds. The fourth-order valence-electron chi connectivity index (χ4n) is 1.93. The van der Waals surface area contributed by atoms with Crippen LogP contribution in [0.25, 0.3) is 0 Å². The van der Waals surface area contributed by atoms with Gasteiger partial charge in [-0.15, -0.1) is 0 Å². The first-order chi connectivity index (χ1) is 8.25. The van der Waals surface area contributed by atoms with Gasteiger partial charge < -0.3 is 10.4 Å². The number of nitrogens with one attached hydrogen (secondary N) is 1. The molecule has 0 aliphatic heterocycles. The van der Waals surface area contributed by atoms with Gasteiger partial charge in [0, 0.05) is 12.7 Å². The Kier molecular flexibility index (Phi) is 3.75. The second kappa shape index (κ2) is 5.48. The van der Waals surface area contributed by atoms with E-state index in [0.717, 1.165) is 19.3 Å². The largest absolute Gasteiger partial charge is 0.506 e. The molecule has 2 rings (SSSR count). The zero-order chi connectivity index (χ0) is 12.1. The highest BCUT2D eigenvalue weighted by Crippen LogP contribution is 2.17. The maximum atomic E-state index is 11.8. The standard InChI is InChI=1S/C13H16N2O2/c16-12-6-11(8-14-9-12)13(17)15-7-10-4-2-1-3-5-10/h1-2,6,8-10,16H,3-5,7H2,(H,15,17). The first-order valence-electron chi connectivity index (χ1n) is 5.83. The Balaban J connectivity index is 1.87. The van der Waals surface area contributed by atoms with Crippen LogP contribution in [0.15, 0.2) is 30.6 Å². The molecule has 1 atom stereocenters. The second-order valence-electron chi connectivity index (χ2n) is 4.29. The van der Waals surface area contributed by atoms with E-state index >= 15 is 0 Å². The summed E-state index contributed by atoms with van der Waals surface area (Å²) in [6, 6.07) is 1.42. The van der Waals surface area contributed by atoms with E-state index in [1.807, 2.05) is 0 Å². The maximum Gasteiger partial charge on any atom is 0.252 e. The van der Waals surface area contributed by atoms with E-state index in [-0.39, 0.29) is 11.7 Å². The summed E-state index contributed by atoms with van der Waals surface area (Å²) in [6.45, 7) is 0.679. The minimum absolute atomic E-state index is 0.0123. The van der Waals surface area contributed by atoms with Crippen LogP contribution >= 0.6 is 0 Å². The highest BCUT2D eigenvalue weighted by Gasteiger charge is 2.12. The minimum Gasteiger partial charge on any atom is -0.506 e. The normalized spacial score (nSPS) is 18.9. The van der Waals surface area contributed by atoms with Gasteiger partial charge in [0.05, 0.1) is 11.8 Å². The fourth-order valence-corrected chi connectivity index (χ4v) is 1.93. The highest BCUT2D eigenvalue weighted by molar-refractivity contribution is 5.94. The number of hydrogen-bond acceptors (Lipinski definition) is 3. The van der Waals surface area contributed by atoms with Gasteiger partial charge in [0.2, 0.25) is 0 Å². The van der Waals surface area contributed by atoms with Gasteiger partial charge in [0.15, 0.2) is 0 Å². The monoisotopic (exact) mass is 232 g/mol. The highest BCUT2D eigenvalue weighted by atomic mass is 16.3. The average Bonchev–Trinajstić information content (AvgIpc) is 2.37. The molecule has 1 aliphatic rings. The molecule has 1 unspecified atom stereocenters. The molecule has 1 aromatic rings. The molecule has 0 radical (unpaired) electrons. The maximum absolute atomic E-state index is 11.8. The molecule has 4 heteroatoms. The predicted molar refractivity (Wildman–Crippen MR) is 64.7 cm³/mol. The van der Waals surface area contributed by atoms with Crippen LogP contribution < -0.4 is 5.32 Å². The second-order valence-corrected chi connectivity index (χ2v) is 4.29. The van der Waals surface area contributed by atoms with E-state index in [4.69, 9.17) is 0 Å². The SMILES string of the molecule is O=C(NCC1CC=CCC1)c1cncc(O)c1. The van der Waals surface area contributed by atoms with E-state index in [9.17, 15) is 9.90 Å². The summed E-state index contributed by atoms with van der Waals surface area (Å²) < 4.78 is 0. The lowest BCUT2D eigenvalue weighted by molar-refractivity contribution is 0.0945. The van der Waals surface area contributed by atoms with Crippen LogP contribution in [0.5, 0.6) is 5.75 Å². The van der Waals surface area contributed by atoms with Crippen molar-refractivity contribution in [1.82, 2.24) is 10.3 Å². The molecule has 0 spiro atoms. The van der Waals surface area contributed by atoms with Crippen molar-refractivity contribution in [3.05, 3.63) is 36.2 Å². The lowest BCUT2D eigenvalue weighted by Crippen LogP contribution is -2.29. The third kappa shape index (κ3) is 3.31. The summed E-state index contributed by atoms with van der Waals surface area (Å²) in [5.41, 5.74) is 0.399. The van der Waals surface area contributed by atoms with Crippen molar-refractivity contribution in [2.24, 2.45) is 5.92 Å². The van der Waals surface area contributed by atoms with Gasteiger partial charge in [-0.3, -0.25) is 9.78 Å². The fraction of sp³-hybridized carbons (Fsp3) is 0.385. The molecule has 4 nitrogen and oxygen atoms in total. The van der Waals surface area contributed by atoms with Gasteiger partial charge in [0.25, 0.3) is 5.91 Å². The van der Waals surface area contributed by atoms with Crippen molar-refractivity contribution in [2.45, 2.75) is 19.3 Å². The van der Waals surface area contributed by atoms with Gasteiger partial charge in [-0.25, -0.2) is 0 Å². The van der Waals surface area contributed by atoms with Crippen molar-refractivity contribution in [2.75, 3.05) is 6.54 Å². The van der Waals surface area contributed by atoms with Crippen LogP contribution in [0.2, 0.25) is 0 Å². The molecule has 0 bridgehead atoms. The van der Waals surface area contributed by atoms with E-state index in [1.165, 1.54) is 18.5 Å². The quantitative estimate of drug-likeness (QED) is 0.782. The van der Waals surface area contributed by atoms with Crippen LogP contribution in [0, 0.1) is 5.92 Å². The lowest BCUT2D eigenvalue weighted by Gasteiger charge is -2.17. The topological polar surface area (TPSA) is 62.2 Å². The van der Waals surface area contributed by atoms with Gasteiger partial charge in [-0.2, -0.15) is 0 Å². The van der Waals surface area contributed by atoms with E-state index in [1.54, 1.807) is 0 Å². The summed E-state index contributed by atoms with van der Waals surface area (Å²) >= 11 is 0. The zero-order valence-electron chi connectivity index (χ0n) is 9.60. The molecule has 1 heterocycles. The Morgan fingerprint density at radius 2 is 2.35 bits per heavy atom. The molecule has 2 N–H and O–H groups in total. The number of hydrogen-bond donors (Lipinski definition) is 2. The Morgan fingerprint density at radius 3 is 3.06 bits per heavy atom. The number of allylic oxidation sites excluding steroid dienone is 2. The van der Waals surface area contributed by atoms with Crippen molar-refractivity contribution in [1.29, 1.82) is 0 Å². The van der Waals surface area contributed by atoms with Crippen LogP contribution in [-0.4, -0.2) is 22.5 Å². The van der Waals surface area contributed by atoms with Crippen LogP contribution in [0.1, 0.15) is 29.6 Å². The van der Waals surface area contributed by atoms with Crippen LogP contribution in [-0.2, 0) is 0 Å². The van der Waals surface area contributed by atoms with Gasteiger partial charge in [-0.05, 0) is 31.2 Å². The molecule has 1 aliphatic carbocycles. The van der Waals surface area contributed by atoms with Gasteiger partial charge in [-0.1, -0.05) is 12.2 Å². The summed E-state index contributed by atoms with van der Waals surface area (Å²) in [6.07, 6.45) is 10.3. The first-order valence-corrected chi connectivity index (χ1v) is 5.83. The number of amides is 1. The Hall–Kier alpha value is -1.84. The molecular weight excluding hydrogens is 216 g/mol. The predicted octanol–water partition coefficient (Wildman–Crippen LogP) is 1.87. The van der Waals surface area contributed by atoms with Crippen molar-refractivity contribution in [3.8, 4) is 5.75 Å². The van der Waals surface area contributed by atoms with Crippen molar-refractivity contribution in [3.63, 3.8) is 0 Å². The number of aromatic hydroxyl groups is 1. The Labute approximate surface area is 100 Å².